The summed E-state index contributed by atoms with van der Waals surface area (Å²) >= 11 is 0. The molecule has 0 fully saturated rings. The molecule has 3 rings (SSSR count). The molecule has 0 radical (unpaired) electrons. The number of fused-ring (bicyclic) bond motifs is 1. The molecule has 0 unspecified atom stereocenters. The van der Waals surface area contributed by atoms with E-state index >= 15 is 0 Å². The Morgan fingerprint density at radius 2 is 2.00 bits per heavy atom. The number of anilines is 1. The average molecular weight is 333 g/mol. The smallest absolute Gasteiger partial charge is 0.272 e. The molecule has 0 spiro atoms. The second-order valence-corrected chi connectivity index (χ2v) is 7.06. The van der Waals surface area contributed by atoms with Gasteiger partial charge in [-0.05, 0) is 23.6 Å². The van der Waals surface area contributed by atoms with Crippen LogP contribution < -0.4 is 10.5 Å². The Balaban J connectivity index is 1.80. The Labute approximate surface area is 133 Å². The Bertz CT molecular complexity index is 880. The lowest BCUT2D eigenvalue weighted by molar-refractivity contribution is -0.385. The molecular formula is C15H15N3O4S. The second kappa shape index (κ2) is 5.64. The molecule has 2 aromatic carbocycles. The molecular weight excluding hydrogens is 318 g/mol. The van der Waals surface area contributed by atoms with Gasteiger partial charge in [0.25, 0.3) is 5.69 Å². The number of nitro groups is 1. The molecule has 0 aliphatic heterocycles. The van der Waals surface area contributed by atoms with Gasteiger partial charge in [-0.1, -0.05) is 24.3 Å². The molecule has 23 heavy (non-hydrogen) atoms. The molecule has 8 heteroatoms. The van der Waals surface area contributed by atoms with Crippen LogP contribution in [-0.4, -0.2) is 19.9 Å². The Hall–Kier alpha value is -2.45. The minimum absolute atomic E-state index is 0.275. The summed E-state index contributed by atoms with van der Waals surface area (Å²) in [6.07, 6.45) is 0.931. The van der Waals surface area contributed by atoms with E-state index in [4.69, 9.17) is 5.14 Å². The molecule has 120 valence electrons. The van der Waals surface area contributed by atoms with Crippen LogP contribution in [0.5, 0.6) is 0 Å². The molecule has 0 aromatic heterocycles. The predicted octanol–water partition coefficient (Wildman–Crippen LogP) is 1.99. The van der Waals surface area contributed by atoms with Gasteiger partial charge in [-0.2, -0.15) is 0 Å². The van der Waals surface area contributed by atoms with Gasteiger partial charge >= 0.3 is 0 Å². The number of nitrogens with zero attached hydrogens (tertiary/aromatic N) is 1. The van der Waals surface area contributed by atoms with E-state index in [9.17, 15) is 18.5 Å². The predicted molar refractivity (Wildman–Crippen MR) is 85.8 cm³/mol. The third-order valence-electron chi connectivity index (χ3n) is 3.94. The van der Waals surface area contributed by atoms with E-state index in [0.29, 0.717) is 18.2 Å². The van der Waals surface area contributed by atoms with Gasteiger partial charge in [0.2, 0.25) is 10.0 Å². The number of sulfonamides is 1. The fourth-order valence-electron chi connectivity index (χ4n) is 2.74. The monoisotopic (exact) mass is 333 g/mol. The van der Waals surface area contributed by atoms with Crippen LogP contribution in [0.2, 0.25) is 0 Å². The number of nitrogens with one attached hydrogen (secondary N) is 1. The van der Waals surface area contributed by atoms with Crippen LogP contribution in [0.4, 0.5) is 11.4 Å². The van der Waals surface area contributed by atoms with E-state index in [2.05, 4.69) is 11.4 Å². The number of hydrogen-bond donors (Lipinski definition) is 2. The van der Waals surface area contributed by atoms with Gasteiger partial charge in [0.1, 0.15) is 0 Å². The summed E-state index contributed by atoms with van der Waals surface area (Å²) in [6.45, 7) is 0.572. The molecule has 0 amide bonds. The highest BCUT2D eigenvalue weighted by Crippen LogP contribution is 2.35. The number of rotatable bonds is 5. The number of non-ortho nitro benzene ring substituents is 1. The standard InChI is InChI=1S/C15H15N3O4S/c16-23(21,22)14-7-12(6-13(8-14)18(19)20)17-9-11-5-10-3-1-2-4-15(10)11/h1-4,6-8,11,17H,5,9H2,(H2,16,21,22)/t11-/m1/s1. The SMILES string of the molecule is NS(=O)(=O)c1cc(NC[C@H]2Cc3ccccc32)cc([N+](=O)[O-])c1. The number of primary sulfonamides is 1. The van der Waals surface area contributed by atoms with Gasteiger partial charge in [-0.3, -0.25) is 10.1 Å². The molecule has 7 nitrogen and oxygen atoms in total. The van der Waals surface area contributed by atoms with E-state index in [-0.39, 0.29) is 10.6 Å². The van der Waals surface area contributed by atoms with Crippen molar-refractivity contribution in [3.05, 3.63) is 63.7 Å². The maximum Gasteiger partial charge on any atom is 0.272 e. The topological polar surface area (TPSA) is 115 Å². The zero-order valence-corrected chi connectivity index (χ0v) is 12.9. The Morgan fingerprint density at radius 1 is 1.26 bits per heavy atom. The van der Waals surface area contributed by atoms with Crippen molar-refractivity contribution in [3.8, 4) is 0 Å². The lowest BCUT2D eigenvalue weighted by atomic mass is 9.77. The van der Waals surface area contributed by atoms with E-state index in [1.165, 1.54) is 23.3 Å². The fourth-order valence-corrected chi connectivity index (χ4v) is 3.32. The summed E-state index contributed by atoms with van der Waals surface area (Å²) in [4.78, 5) is 10.0. The molecule has 0 heterocycles. The van der Waals surface area contributed by atoms with Crippen LogP contribution in [0.3, 0.4) is 0 Å². The van der Waals surface area contributed by atoms with Crippen molar-refractivity contribution in [3.63, 3.8) is 0 Å². The number of nitro benzene ring substituents is 1. The van der Waals surface area contributed by atoms with Crippen molar-refractivity contribution < 1.29 is 13.3 Å². The Morgan fingerprint density at radius 3 is 2.65 bits per heavy atom. The zero-order valence-electron chi connectivity index (χ0n) is 12.1. The fraction of sp³-hybridized carbons (Fsp3) is 0.200. The molecule has 1 atom stereocenters. The van der Waals surface area contributed by atoms with Crippen molar-refractivity contribution in [1.82, 2.24) is 0 Å². The normalized spacial score (nSPS) is 16.3. The van der Waals surface area contributed by atoms with E-state index in [1.54, 1.807) is 0 Å². The summed E-state index contributed by atoms with van der Waals surface area (Å²) in [5.74, 6) is 0.309. The first kappa shape index (κ1) is 15.4. The molecule has 0 bridgehead atoms. The quantitative estimate of drug-likeness (QED) is 0.641. The zero-order chi connectivity index (χ0) is 16.6. The summed E-state index contributed by atoms with van der Waals surface area (Å²) in [5, 5.41) is 19.1. The van der Waals surface area contributed by atoms with Crippen molar-refractivity contribution in [2.45, 2.75) is 17.2 Å². The highest BCUT2D eigenvalue weighted by molar-refractivity contribution is 7.89. The minimum atomic E-state index is -4.00. The van der Waals surface area contributed by atoms with Gasteiger partial charge in [-0.15, -0.1) is 0 Å². The van der Waals surface area contributed by atoms with Crippen molar-refractivity contribution >= 4 is 21.4 Å². The molecule has 1 aliphatic carbocycles. The van der Waals surface area contributed by atoms with Crippen LogP contribution in [0.25, 0.3) is 0 Å². The van der Waals surface area contributed by atoms with Gasteiger partial charge in [0, 0.05) is 30.3 Å². The lowest BCUT2D eigenvalue weighted by Crippen LogP contribution is -2.24. The van der Waals surface area contributed by atoms with Crippen LogP contribution in [0.1, 0.15) is 17.0 Å². The Kier molecular flexibility index (Phi) is 3.78. The first-order valence-electron chi connectivity index (χ1n) is 6.98. The van der Waals surface area contributed by atoms with Gasteiger partial charge in [0.05, 0.1) is 9.82 Å². The summed E-state index contributed by atoms with van der Waals surface area (Å²) in [5.41, 5.74) is 2.60. The van der Waals surface area contributed by atoms with Crippen LogP contribution >= 0.6 is 0 Å². The van der Waals surface area contributed by atoms with Crippen molar-refractivity contribution in [1.29, 1.82) is 0 Å². The van der Waals surface area contributed by atoms with E-state index < -0.39 is 14.9 Å². The number of hydrogen-bond acceptors (Lipinski definition) is 5. The van der Waals surface area contributed by atoms with Gasteiger partial charge < -0.3 is 5.32 Å². The third kappa shape index (κ3) is 3.17. The van der Waals surface area contributed by atoms with Crippen molar-refractivity contribution in [2.24, 2.45) is 5.14 Å². The van der Waals surface area contributed by atoms with Gasteiger partial charge in [0.15, 0.2) is 0 Å². The first-order chi connectivity index (χ1) is 10.8. The van der Waals surface area contributed by atoms with E-state index in [1.807, 2.05) is 18.2 Å². The summed E-state index contributed by atoms with van der Waals surface area (Å²) in [6, 6.07) is 11.6. The molecule has 0 saturated carbocycles. The molecule has 2 aromatic rings. The first-order valence-corrected chi connectivity index (χ1v) is 8.53. The van der Waals surface area contributed by atoms with Crippen LogP contribution in [-0.2, 0) is 16.4 Å². The number of nitrogens with two attached hydrogens (primary N) is 1. The molecule has 0 saturated heterocycles. The number of benzene rings is 2. The average Bonchev–Trinajstić information content (AvgIpc) is 2.47. The maximum absolute atomic E-state index is 11.5. The lowest BCUT2D eigenvalue weighted by Gasteiger charge is -2.30. The molecule has 1 aliphatic rings. The summed E-state index contributed by atoms with van der Waals surface area (Å²) < 4.78 is 22.9. The maximum atomic E-state index is 11.5. The third-order valence-corrected chi connectivity index (χ3v) is 4.84. The highest BCUT2D eigenvalue weighted by atomic mass is 32.2. The van der Waals surface area contributed by atoms with Gasteiger partial charge in [-0.25, -0.2) is 13.6 Å². The molecule has 3 N–H and O–H groups in total. The van der Waals surface area contributed by atoms with Crippen LogP contribution in [0, 0.1) is 10.1 Å². The summed E-state index contributed by atoms with van der Waals surface area (Å²) in [7, 11) is -4.00. The van der Waals surface area contributed by atoms with Crippen molar-refractivity contribution in [2.75, 3.05) is 11.9 Å². The minimum Gasteiger partial charge on any atom is -0.384 e. The highest BCUT2D eigenvalue weighted by Gasteiger charge is 2.25. The largest absolute Gasteiger partial charge is 0.384 e. The second-order valence-electron chi connectivity index (χ2n) is 5.50. The van der Waals surface area contributed by atoms with Crippen LogP contribution in [0.15, 0.2) is 47.4 Å². The van der Waals surface area contributed by atoms with E-state index in [0.717, 1.165) is 12.5 Å².